The van der Waals surface area contributed by atoms with Crippen LogP contribution < -0.4 is 10.1 Å². The molecule has 0 saturated heterocycles. The summed E-state index contributed by atoms with van der Waals surface area (Å²) in [6.45, 7) is 2.87. The second kappa shape index (κ2) is 5.01. The smallest absolute Gasteiger partial charge is 0.194 e. The molecule has 17 heavy (non-hydrogen) atoms. The number of benzene rings is 1. The summed E-state index contributed by atoms with van der Waals surface area (Å²) >= 11 is 0. The number of fused-ring (bicyclic) bond motifs is 1. The summed E-state index contributed by atoms with van der Waals surface area (Å²) in [4.78, 5) is 11.2. The lowest BCUT2D eigenvalue weighted by atomic mass is 10.2. The van der Waals surface area contributed by atoms with Crippen molar-refractivity contribution >= 4 is 16.8 Å². The SMILES string of the molecule is CNCCOc1ccc2cc(C(C)=O)oc2c1. The van der Waals surface area contributed by atoms with Crippen molar-refractivity contribution in [1.29, 1.82) is 0 Å². The Morgan fingerprint density at radius 1 is 1.41 bits per heavy atom. The second-order valence-electron chi connectivity index (χ2n) is 3.82. The molecule has 1 N–H and O–H groups in total. The Morgan fingerprint density at radius 2 is 2.24 bits per heavy atom. The molecule has 0 aliphatic rings. The van der Waals surface area contributed by atoms with E-state index >= 15 is 0 Å². The summed E-state index contributed by atoms with van der Waals surface area (Å²) in [6.07, 6.45) is 0. The minimum Gasteiger partial charge on any atom is -0.492 e. The summed E-state index contributed by atoms with van der Waals surface area (Å²) in [7, 11) is 1.87. The summed E-state index contributed by atoms with van der Waals surface area (Å²) < 4.78 is 10.9. The predicted molar refractivity (Wildman–Crippen MR) is 65.6 cm³/mol. The molecule has 0 aliphatic carbocycles. The van der Waals surface area contributed by atoms with Crippen LogP contribution in [0, 0.1) is 0 Å². The highest BCUT2D eigenvalue weighted by Crippen LogP contribution is 2.24. The number of carbonyl (C=O) groups is 1. The molecule has 2 aromatic rings. The number of hydrogen-bond donors (Lipinski definition) is 1. The van der Waals surface area contributed by atoms with Crippen LogP contribution in [-0.4, -0.2) is 26.0 Å². The minimum absolute atomic E-state index is 0.0705. The number of rotatable bonds is 5. The predicted octanol–water partition coefficient (Wildman–Crippen LogP) is 2.23. The fraction of sp³-hybridized carbons (Fsp3) is 0.308. The number of furan rings is 1. The average Bonchev–Trinajstić information content (AvgIpc) is 2.72. The van der Waals surface area contributed by atoms with Crippen molar-refractivity contribution < 1.29 is 13.9 Å². The van der Waals surface area contributed by atoms with Crippen molar-refractivity contribution in [3.8, 4) is 5.75 Å². The molecule has 0 saturated carbocycles. The zero-order chi connectivity index (χ0) is 12.3. The van der Waals surface area contributed by atoms with E-state index in [2.05, 4.69) is 5.32 Å². The van der Waals surface area contributed by atoms with E-state index < -0.39 is 0 Å². The molecule has 4 heteroatoms. The number of hydrogen-bond acceptors (Lipinski definition) is 4. The normalized spacial score (nSPS) is 10.7. The van der Waals surface area contributed by atoms with Crippen molar-refractivity contribution in [2.24, 2.45) is 0 Å². The molecule has 90 valence electrons. The first-order valence-corrected chi connectivity index (χ1v) is 5.52. The Hall–Kier alpha value is -1.81. The molecule has 2 rings (SSSR count). The molecule has 0 atom stereocenters. The number of Topliss-reactive ketones (excluding diaryl/α,β-unsaturated/α-hetero) is 1. The van der Waals surface area contributed by atoms with Crippen molar-refractivity contribution in [3.63, 3.8) is 0 Å². The Labute approximate surface area is 99.6 Å². The van der Waals surface area contributed by atoms with Gasteiger partial charge in [-0.2, -0.15) is 0 Å². The first-order chi connectivity index (χ1) is 8.20. The third-order valence-corrected chi connectivity index (χ3v) is 2.46. The van der Waals surface area contributed by atoms with E-state index in [1.165, 1.54) is 6.92 Å². The average molecular weight is 233 g/mol. The lowest BCUT2D eigenvalue weighted by Gasteiger charge is -2.04. The van der Waals surface area contributed by atoms with Gasteiger partial charge in [0.15, 0.2) is 11.5 Å². The molecule has 0 unspecified atom stereocenters. The number of ketones is 1. The van der Waals surface area contributed by atoms with Crippen LogP contribution in [0.1, 0.15) is 17.5 Å². The molecule has 0 bridgehead atoms. The zero-order valence-electron chi connectivity index (χ0n) is 9.95. The molecule has 1 aromatic carbocycles. The van der Waals surface area contributed by atoms with Gasteiger partial charge in [0.1, 0.15) is 17.9 Å². The monoisotopic (exact) mass is 233 g/mol. The van der Waals surface area contributed by atoms with Crippen LogP contribution in [0.3, 0.4) is 0 Å². The van der Waals surface area contributed by atoms with Crippen LogP contribution in [0.4, 0.5) is 0 Å². The van der Waals surface area contributed by atoms with E-state index in [1.807, 2.05) is 19.2 Å². The number of nitrogens with one attached hydrogen (secondary N) is 1. The summed E-state index contributed by atoms with van der Waals surface area (Å²) in [5.41, 5.74) is 0.678. The highest BCUT2D eigenvalue weighted by atomic mass is 16.5. The van der Waals surface area contributed by atoms with Gasteiger partial charge in [0.05, 0.1) is 0 Å². The molecule has 0 fully saturated rings. The Balaban J connectivity index is 2.21. The molecule has 1 heterocycles. The van der Waals surface area contributed by atoms with Crippen molar-refractivity contribution in [2.75, 3.05) is 20.2 Å². The maximum absolute atomic E-state index is 11.2. The number of ether oxygens (including phenoxy) is 1. The van der Waals surface area contributed by atoms with Crippen LogP contribution >= 0.6 is 0 Å². The van der Waals surface area contributed by atoms with Gasteiger partial charge in [-0.15, -0.1) is 0 Å². The molecule has 4 nitrogen and oxygen atoms in total. The Morgan fingerprint density at radius 3 is 2.94 bits per heavy atom. The Bertz CT molecular complexity index is 530. The largest absolute Gasteiger partial charge is 0.492 e. The maximum Gasteiger partial charge on any atom is 0.194 e. The Kier molecular flexibility index (Phi) is 3.44. The van der Waals surface area contributed by atoms with E-state index in [1.54, 1.807) is 12.1 Å². The molecule has 0 amide bonds. The number of likely N-dealkylation sites (N-methyl/N-ethyl adjacent to an activating group) is 1. The van der Waals surface area contributed by atoms with Gasteiger partial charge in [0.25, 0.3) is 0 Å². The zero-order valence-corrected chi connectivity index (χ0v) is 9.95. The third kappa shape index (κ3) is 2.65. The fourth-order valence-electron chi connectivity index (χ4n) is 1.55. The van der Waals surface area contributed by atoms with Gasteiger partial charge in [-0.3, -0.25) is 4.79 Å². The number of carbonyl (C=O) groups excluding carboxylic acids is 1. The van der Waals surface area contributed by atoms with Crippen LogP contribution in [0.2, 0.25) is 0 Å². The highest BCUT2D eigenvalue weighted by Gasteiger charge is 2.08. The van der Waals surface area contributed by atoms with E-state index in [4.69, 9.17) is 9.15 Å². The van der Waals surface area contributed by atoms with Gasteiger partial charge in [-0.1, -0.05) is 0 Å². The fourth-order valence-corrected chi connectivity index (χ4v) is 1.55. The molecular weight excluding hydrogens is 218 g/mol. The maximum atomic E-state index is 11.2. The van der Waals surface area contributed by atoms with Crippen molar-refractivity contribution in [3.05, 3.63) is 30.0 Å². The highest BCUT2D eigenvalue weighted by molar-refractivity contribution is 5.96. The van der Waals surface area contributed by atoms with Gasteiger partial charge in [-0.25, -0.2) is 0 Å². The summed E-state index contributed by atoms with van der Waals surface area (Å²) in [6, 6.07) is 7.31. The molecular formula is C13H15NO3. The third-order valence-electron chi connectivity index (χ3n) is 2.46. The van der Waals surface area contributed by atoms with Gasteiger partial charge in [-0.05, 0) is 25.2 Å². The molecule has 0 spiro atoms. The first-order valence-electron chi connectivity index (χ1n) is 5.52. The van der Waals surface area contributed by atoms with Gasteiger partial charge >= 0.3 is 0 Å². The van der Waals surface area contributed by atoms with Crippen molar-refractivity contribution in [2.45, 2.75) is 6.92 Å². The van der Waals surface area contributed by atoms with Crippen LogP contribution in [-0.2, 0) is 0 Å². The lowest BCUT2D eigenvalue weighted by molar-refractivity contribution is 0.0989. The molecule has 0 aliphatic heterocycles. The van der Waals surface area contributed by atoms with Crippen LogP contribution in [0.25, 0.3) is 11.0 Å². The van der Waals surface area contributed by atoms with Gasteiger partial charge in [0, 0.05) is 24.9 Å². The molecule has 1 aromatic heterocycles. The van der Waals surface area contributed by atoms with E-state index in [0.29, 0.717) is 18.0 Å². The van der Waals surface area contributed by atoms with Crippen molar-refractivity contribution in [1.82, 2.24) is 5.32 Å². The van der Waals surface area contributed by atoms with E-state index in [-0.39, 0.29) is 5.78 Å². The molecule has 0 radical (unpaired) electrons. The second-order valence-corrected chi connectivity index (χ2v) is 3.82. The van der Waals surface area contributed by atoms with Gasteiger partial charge in [0.2, 0.25) is 0 Å². The van der Waals surface area contributed by atoms with Gasteiger partial charge < -0.3 is 14.5 Å². The summed E-state index contributed by atoms with van der Waals surface area (Å²) in [5, 5.41) is 3.91. The topological polar surface area (TPSA) is 51.5 Å². The summed E-state index contributed by atoms with van der Waals surface area (Å²) in [5.74, 6) is 1.06. The van der Waals surface area contributed by atoms with Crippen LogP contribution in [0.15, 0.2) is 28.7 Å². The quantitative estimate of drug-likeness (QED) is 0.635. The van der Waals surface area contributed by atoms with Crippen LogP contribution in [0.5, 0.6) is 5.75 Å². The minimum atomic E-state index is -0.0705. The first kappa shape index (κ1) is 11.7. The standard InChI is InChI=1S/C13H15NO3/c1-9(15)12-7-10-3-4-11(8-13(10)17-12)16-6-5-14-2/h3-4,7-8,14H,5-6H2,1-2H3. The van der Waals surface area contributed by atoms with E-state index in [9.17, 15) is 4.79 Å². The lowest BCUT2D eigenvalue weighted by Crippen LogP contribution is -2.15. The van der Waals surface area contributed by atoms with E-state index in [0.717, 1.165) is 17.7 Å².